The van der Waals surface area contributed by atoms with Crippen LogP contribution in [0.25, 0.3) is 11.3 Å². The Morgan fingerprint density at radius 1 is 1.21 bits per heavy atom. The minimum Gasteiger partial charge on any atom is -0.441 e. The third kappa shape index (κ3) is 3.82. The Kier molecular flexibility index (Phi) is 5.21. The number of hydrogen-bond donors (Lipinski definition) is 0. The van der Waals surface area contributed by atoms with Crippen LogP contribution in [-0.4, -0.2) is 33.9 Å². The molecule has 2 atom stereocenters. The van der Waals surface area contributed by atoms with Crippen molar-refractivity contribution < 1.29 is 9.34 Å². The van der Waals surface area contributed by atoms with Gasteiger partial charge in [-0.2, -0.15) is 0 Å². The van der Waals surface area contributed by atoms with Crippen LogP contribution in [0.4, 0.5) is 5.69 Å². The zero-order valence-corrected chi connectivity index (χ0v) is 15.8. The predicted octanol–water partition coefficient (Wildman–Crippen LogP) is 4.67. The second-order valence-corrected chi connectivity index (χ2v) is 7.26. The van der Waals surface area contributed by atoms with E-state index in [2.05, 4.69) is 47.1 Å². The van der Waals surface area contributed by atoms with Crippen molar-refractivity contribution >= 4 is 5.69 Å². The van der Waals surface area contributed by atoms with E-state index in [1.165, 1.54) is 17.7 Å². The van der Waals surface area contributed by atoms with E-state index in [-0.39, 0.29) is 5.69 Å². The zero-order chi connectivity index (χ0) is 19.5. The summed E-state index contributed by atoms with van der Waals surface area (Å²) in [4.78, 5) is 17.4. The van der Waals surface area contributed by atoms with Gasteiger partial charge in [0, 0.05) is 42.6 Å². The van der Waals surface area contributed by atoms with Crippen LogP contribution in [0.15, 0.2) is 65.2 Å². The number of oxazole rings is 1. The van der Waals surface area contributed by atoms with Gasteiger partial charge in [0.15, 0.2) is 11.7 Å². The fraction of sp³-hybridized carbons (Fsp3) is 0.318. The Morgan fingerprint density at radius 2 is 2.04 bits per heavy atom. The van der Waals surface area contributed by atoms with E-state index in [1.54, 1.807) is 18.3 Å². The average Bonchev–Trinajstić information content (AvgIpc) is 3.34. The molecule has 1 fully saturated rings. The third-order valence-corrected chi connectivity index (χ3v) is 5.62. The summed E-state index contributed by atoms with van der Waals surface area (Å²) >= 11 is 0. The highest BCUT2D eigenvalue weighted by molar-refractivity contribution is 5.60. The molecule has 0 spiro atoms. The van der Waals surface area contributed by atoms with E-state index >= 15 is 0 Å². The molecule has 0 radical (unpaired) electrons. The summed E-state index contributed by atoms with van der Waals surface area (Å²) in [6.07, 6.45) is 3.53. The van der Waals surface area contributed by atoms with Gasteiger partial charge < -0.3 is 4.42 Å². The van der Waals surface area contributed by atoms with Crippen molar-refractivity contribution in [2.24, 2.45) is 0 Å². The van der Waals surface area contributed by atoms with Gasteiger partial charge in [-0.1, -0.05) is 42.5 Å². The van der Waals surface area contributed by atoms with Crippen LogP contribution < -0.4 is 0 Å². The molecule has 0 unspecified atom stereocenters. The lowest BCUT2D eigenvalue weighted by molar-refractivity contribution is -0.384. The molecule has 1 aromatic heterocycles. The van der Waals surface area contributed by atoms with E-state index in [4.69, 9.17) is 4.42 Å². The van der Waals surface area contributed by atoms with Crippen molar-refractivity contribution in [1.82, 2.24) is 9.88 Å². The molecule has 2 heterocycles. The highest BCUT2D eigenvalue weighted by Crippen LogP contribution is 2.33. The molecular weight excluding hydrogens is 354 g/mol. The number of nitro groups is 1. The molecule has 1 saturated heterocycles. The molecule has 0 N–H and O–H groups in total. The van der Waals surface area contributed by atoms with Crippen molar-refractivity contribution in [3.05, 3.63) is 82.4 Å². The number of hydrogen-bond acceptors (Lipinski definition) is 5. The number of nitro benzene ring substituents is 1. The maximum atomic E-state index is 11.0. The highest BCUT2D eigenvalue weighted by Gasteiger charge is 2.31. The molecule has 0 aliphatic carbocycles. The summed E-state index contributed by atoms with van der Waals surface area (Å²) < 4.78 is 5.85. The largest absolute Gasteiger partial charge is 0.441 e. The van der Waals surface area contributed by atoms with Gasteiger partial charge in [-0.05, 0) is 25.5 Å². The topological polar surface area (TPSA) is 72.4 Å². The molecule has 4 rings (SSSR count). The lowest BCUT2D eigenvalue weighted by Crippen LogP contribution is -2.31. The van der Waals surface area contributed by atoms with E-state index in [9.17, 15) is 10.1 Å². The molecule has 0 saturated carbocycles. The maximum absolute atomic E-state index is 11.0. The number of nitrogens with zero attached hydrogens (tertiary/aromatic N) is 3. The summed E-state index contributed by atoms with van der Waals surface area (Å²) in [5.74, 6) is 1.79. The van der Waals surface area contributed by atoms with Gasteiger partial charge in [-0.25, -0.2) is 4.98 Å². The lowest BCUT2D eigenvalue weighted by atomic mass is 9.93. The summed E-state index contributed by atoms with van der Waals surface area (Å²) in [6.45, 7) is 4.24. The molecule has 3 aromatic rings. The van der Waals surface area contributed by atoms with Gasteiger partial charge in [0.1, 0.15) is 0 Å². The number of aromatic nitrogens is 1. The molecule has 1 aliphatic rings. The van der Waals surface area contributed by atoms with Gasteiger partial charge >= 0.3 is 0 Å². The fourth-order valence-corrected chi connectivity index (χ4v) is 4.04. The quantitative estimate of drug-likeness (QED) is 0.461. The van der Waals surface area contributed by atoms with Crippen molar-refractivity contribution in [3.63, 3.8) is 0 Å². The van der Waals surface area contributed by atoms with E-state index in [0.717, 1.165) is 25.9 Å². The van der Waals surface area contributed by atoms with Gasteiger partial charge in [0.05, 0.1) is 11.1 Å². The van der Waals surface area contributed by atoms with Crippen molar-refractivity contribution in [2.75, 3.05) is 13.1 Å². The molecule has 2 aromatic carbocycles. The summed E-state index contributed by atoms with van der Waals surface area (Å²) in [6, 6.07) is 17.6. The number of non-ortho nitro benzene ring substituents is 1. The van der Waals surface area contributed by atoms with E-state index in [0.29, 0.717) is 29.2 Å². The first-order valence-electron chi connectivity index (χ1n) is 9.60. The van der Waals surface area contributed by atoms with Crippen LogP contribution in [0.3, 0.4) is 0 Å². The third-order valence-electron chi connectivity index (χ3n) is 5.62. The summed E-state index contributed by atoms with van der Waals surface area (Å²) in [5.41, 5.74) is 2.13. The van der Waals surface area contributed by atoms with Crippen LogP contribution in [0.1, 0.15) is 30.7 Å². The predicted molar refractivity (Wildman–Crippen MR) is 107 cm³/mol. The van der Waals surface area contributed by atoms with Crippen LogP contribution >= 0.6 is 0 Å². The minimum absolute atomic E-state index is 0.0493. The first-order chi connectivity index (χ1) is 13.6. The first kappa shape index (κ1) is 18.4. The van der Waals surface area contributed by atoms with Crippen LogP contribution in [0.5, 0.6) is 0 Å². The SMILES string of the molecule is C[C@@H]1[C@@H](c2ccccc2)CCN1CCc1ncc(-c2cccc([N+](=O)[O-])c2)o1. The van der Waals surface area contributed by atoms with Crippen molar-refractivity contribution in [1.29, 1.82) is 0 Å². The fourth-order valence-electron chi connectivity index (χ4n) is 4.04. The van der Waals surface area contributed by atoms with E-state index < -0.39 is 4.92 Å². The number of benzene rings is 2. The van der Waals surface area contributed by atoms with Crippen molar-refractivity contribution in [2.45, 2.75) is 31.7 Å². The maximum Gasteiger partial charge on any atom is 0.270 e. The molecule has 0 bridgehead atoms. The Bertz CT molecular complexity index is 954. The van der Waals surface area contributed by atoms with Gasteiger partial charge in [-0.3, -0.25) is 15.0 Å². The standard InChI is InChI=1S/C22H23N3O3/c1-16-20(17-6-3-2-4-7-17)10-12-24(16)13-11-22-23-15-21(28-22)18-8-5-9-19(14-18)25(26)27/h2-9,14-16,20H,10-13H2,1H3/t16-,20+/m1/s1. The molecule has 1 aliphatic heterocycles. The Morgan fingerprint density at radius 3 is 2.82 bits per heavy atom. The van der Waals surface area contributed by atoms with E-state index in [1.807, 2.05) is 0 Å². The van der Waals surface area contributed by atoms with Crippen molar-refractivity contribution in [3.8, 4) is 11.3 Å². The summed E-state index contributed by atoms with van der Waals surface area (Å²) in [5, 5.41) is 11.0. The van der Waals surface area contributed by atoms with Gasteiger partial charge in [0.2, 0.25) is 0 Å². The Hall–Kier alpha value is -2.99. The lowest BCUT2D eigenvalue weighted by Gasteiger charge is -2.24. The number of likely N-dealkylation sites (tertiary alicyclic amines) is 1. The average molecular weight is 377 g/mol. The monoisotopic (exact) mass is 377 g/mol. The Labute approximate surface area is 164 Å². The normalized spacial score (nSPS) is 19.8. The zero-order valence-electron chi connectivity index (χ0n) is 15.8. The molecule has 6 heteroatoms. The number of rotatable bonds is 6. The molecule has 6 nitrogen and oxygen atoms in total. The summed E-state index contributed by atoms with van der Waals surface area (Å²) in [7, 11) is 0. The molecular formula is C22H23N3O3. The second-order valence-electron chi connectivity index (χ2n) is 7.26. The first-order valence-corrected chi connectivity index (χ1v) is 9.60. The minimum atomic E-state index is -0.404. The van der Waals surface area contributed by atoms with Crippen LogP contribution in [-0.2, 0) is 6.42 Å². The van der Waals surface area contributed by atoms with Gasteiger partial charge in [-0.15, -0.1) is 0 Å². The van der Waals surface area contributed by atoms with Crippen LogP contribution in [0.2, 0.25) is 0 Å². The molecule has 144 valence electrons. The molecule has 0 amide bonds. The molecule has 28 heavy (non-hydrogen) atoms. The van der Waals surface area contributed by atoms with Gasteiger partial charge in [0.25, 0.3) is 5.69 Å². The Balaban J connectivity index is 1.39. The van der Waals surface area contributed by atoms with Crippen LogP contribution in [0, 0.1) is 10.1 Å². The highest BCUT2D eigenvalue weighted by atomic mass is 16.6. The smallest absolute Gasteiger partial charge is 0.270 e. The second kappa shape index (κ2) is 7.94.